The lowest BCUT2D eigenvalue weighted by Crippen LogP contribution is -2.51. The van der Waals surface area contributed by atoms with Gasteiger partial charge in [-0.05, 0) is 73.3 Å². The van der Waals surface area contributed by atoms with E-state index in [0.29, 0.717) is 28.0 Å². The maximum atomic E-state index is 14.4. The number of amides is 2. The number of tetrazole rings is 1. The van der Waals surface area contributed by atoms with E-state index in [2.05, 4.69) is 58.5 Å². The molecule has 1 spiro atoms. The van der Waals surface area contributed by atoms with E-state index >= 15 is 0 Å². The van der Waals surface area contributed by atoms with Gasteiger partial charge in [-0.3, -0.25) is 14.6 Å². The molecule has 10 heteroatoms. The summed E-state index contributed by atoms with van der Waals surface area (Å²) in [5, 5.41) is 17.1. The molecule has 1 aliphatic heterocycles. The van der Waals surface area contributed by atoms with Gasteiger partial charge in [0.15, 0.2) is 5.82 Å². The third-order valence-corrected chi connectivity index (χ3v) is 9.03. The largest absolute Gasteiger partial charge is 0.345 e. The molecule has 1 aliphatic carbocycles. The van der Waals surface area contributed by atoms with Gasteiger partial charge in [0.1, 0.15) is 11.4 Å². The van der Waals surface area contributed by atoms with E-state index in [1.807, 2.05) is 48.5 Å². The average Bonchev–Trinajstić information content (AvgIpc) is 3.59. The highest BCUT2D eigenvalue weighted by molar-refractivity contribution is 6.47. The summed E-state index contributed by atoms with van der Waals surface area (Å²) in [4.78, 5) is 34.5. The molecule has 2 aromatic carbocycles. The first-order chi connectivity index (χ1) is 20.1. The smallest absolute Gasteiger partial charge is 0.275 e. The van der Waals surface area contributed by atoms with Crippen LogP contribution >= 0.6 is 11.6 Å². The Kier molecular flexibility index (Phi) is 8.78. The van der Waals surface area contributed by atoms with Crippen molar-refractivity contribution in [1.29, 1.82) is 0 Å². The average molecular weight is 590 g/mol. The van der Waals surface area contributed by atoms with Gasteiger partial charge in [0, 0.05) is 16.1 Å². The van der Waals surface area contributed by atoms with Crippen molar-refractivity contribution in [2.75, 3.05) is 0 Å². The number of aromatic amines is 1. The molecule has 2 amide bonds. The Morgan fingerprint density at radius 2 is 1.90 bits per heavy atom. The summed E-state index contributed by atoms with van der Waals surface area (Å²) in [6.45, 7) is 9.26. The fraction of sp³-hybridized carbons (Fsp3) is 0.500. The SMILES string of the molecule is CCCC[C@H](c1ccc(C(=O)NCc2nn[nH]n2)cc1)N1C(=O)C(c2cccc(Cl)c2)=NC12CCC(C(C)(C)C)CC2. The number of benzene rings is 2. The normalized spacial score (nSPS) is 21.5. The number of H-pyrrole nitrogens is 1. The van der Waals surface area contributed by atoms with Crippen molar-refractivity contribution in [3.63, 3.8) is 0 Å². The summed E-state index contributed by atoms with van der Waals surface area (Å²) < 4.78 is 0. The second-order valence-electron chi connectivity index (χ2n) is 12.6. The molecular formula is C32H40ClN7O2. The monoisotopic (exact) mass is 589 g/mol. The molecule has 2 N–H and O–H groups in total. The number of carbonyl (C=O) groups excluding carboxylic acids is 2. The Bertz CT molecular complexity index is 1420. The molecule has 0 unspecified atom stereocenters. The maximum Gasteiger partial charge on any atom is 0.275 e. The molecule has 1 fully saturated rings. The molecule has 9 nitrogen and oxygen atoms in total. The van der Waals surface area contributed by atoms with Crippen LogP contribution in [0.3, 0.4) is 0 Å². The molecule has 0 radical (unpaired) electrons. The molecule has 1 atom stereocenters. The summed E-state index contributed by atoms with van der Waals surface area (Å²) in [5.74, 6) is 0.714. The lowest BCUT2D eigenvalue weighted by atomic mass is 9.69. The lowest BCUT2D eigenvalue weighted by Gasteiger charge is -2.47. The second-order valence-corrected chi connectivity index (χ2v) is 13.0. The van der Waals surface area contributed by atoms with Gasteiger partial charge in [-0.2, -0.15) is 5.21 Å². The minimum atomic E-state index is -0.602. The Balaban J connectivity index is 1.46. The van der Waals surface area contributed by atoms with E-state index in [4.69, 9.17) is 16.6 Å². The predicted molar refractivity (Wildman–Crippen MR) is 163 cm³/mol. The Morgan fingerprint density at radius 3 is 2.52 bits per heavy atom. The fourth-order valence-electron chi connectivity index (χ4n) is 6.38. The number of aromatic nitrogens is 4. The van der Waals surface area contributed by atoms with Crippen molar-refractivity contribution in [2.24, 2.45) is 16.3 Å². The van der Waals surface area contributed by atoms with Gasteiger partial charge in [0.05, 0.1) is 12.6 Å². The Labute approximate surface area is 252 Å². The Morgan fingerprint density at radius 1 is 1.17 bits per heavy atom. The molecule has 42 heavy (non-hydrogen) atoms. The van der Waals surface area contributed by atoms with E-state index in [-0.39, 0.29) is 29.8 Å². The first-order valence-electron chi connectivity index (χ1n) is 14.9. The quantitative estimate of drug-likeness (QED) is 0.305. The maximum absolute atomic E-state index is 14.4. The minimum absolute atomic E-state index is 0.0467. The fourth-order valence-corrected chi connectivity index (χ4v) is 6.58. The lowest BCUT2D eigenvalue weighted by molar-refractivity contribution is -0.133. The van der Waals surface area contributed by atoms with Gasteiger partial charge in [-0.15, -0.1) is 10.2 Å². The summed E-state index contributed by atoms with van der Waals surface area (Å²) in [6.07, 6.45) is 6.46. The molecule has 222 valence electrons. The van der Waals surface area contributed by atoms with Gasteiger partial charge in [-0.25, -0.2) is 0 Å². The number of nitrogens with zero attached hydrogens (tertiary/aromatic N) is 5. The minimum Gasteiger partial charge on any atom is -0.345 e. The molecule has 5 rings (SSSR count). The standard InChI is InChI=1S/C32H40ClN7O2/c1-5-6-10-26(21-11-13-22(14-12-21)29(41)34-20-27-36-38-39-37-27)40-30(42)28(23-8-7-9-25(33)19-23)35-32(40)17-15-24(16-18-32)31(2,3)4/h7-9,11-14,19,24,26H,5-6,10,15-18,20H2,1-4H3,(H,34,41)(H,36,37,38,39)/t24?,26-,32?/m1/s1. The molecule has 1 saturated carbocycles. The molecular weight excluding hydrogens is 550 g/mol. The van der Waals surface area contributed by atoms with Crippen molar-refractivity contribution in [2.45, 2.75) is 90.9 Å². The van der Waals surface area contributed by atoms with Gasteiger partial charge in [0.2, 0.25) is 0 Å². The summed E-state index contributed by atoms with van der Waals surface area (Å²) in [7, 11) is 0. The molecule has 0 bridgehead atoms. The van der Waals surface area contributed by atoms with Crippen LogP contribution in [0.4, 0.5) is 0 Å². The van der Waals surface area contributed by atoms with Crippen LogP contribution in [0, 0.1) is 11.3 Å². The van der Waals surface area contributed by atoms with Crippen molar-refractivity contribution < 1.29 is 9.59 Å². The number of halogens is 1. The van der Waals surface area contributed by atoms with Crippen LogP contribution in [-0.2, 0) is 11.3 Å². The number of hydrogen-bond donors (Lipinski definition) is 2. The predicted octanol–water partition coefficient (Wildman–Crippen LogP) is 6.28. The van der Waals surface area contributed by atoms with Crippen molar-refractivity contribution in [3.05, 3.63) is 76.1 Å². The zero-order valence-electron chi connectivity index (χ0n) is 24.9. The zero-order chi connectivity index (χ0) is 29.9. The number of hydrogen-bond acceptors (Lipinski definition) is 6. The van der Waals surface area contributed by atoms with Crippen molar-refractivity contribution >= 4 is 29.1 Å². The van der Waals surface area contributed by atoms with Crippen LogP contribution in [0.1, 0.15) is 106 Å². The molecule has 2 aliphatic rings. The summed E-state index contributed by atoms with van der Waals surface area (Å²) >= 11 is 6.35. The van der Waals surface area contributed by atoms with Gasteiger partial charge in [0.25, 0.3) is 11.8 Å². The Hall–Kier alpha value is -3.59. The molecule has 3 aromatic rings. The van der Waals surface area contributed by atoms with E-state index in [9.17, 15) is 9.59 Å². The third kappa shape index (κ3) is 6.26. The van der Waals surface area contributed by atoms with Crippen LogP contribution in [0.5, 0.6) is 0 Å². The van der Waals surface area contributed by atoms with Crippen LogP contribution in [0.25, 0.3) is 0 Å². The second kappa shape index (κ2) is 12.3. The van der Waals surface area contributed by atoms with Crippen LogP contribution in [0.2, 0.25) is 5.02 Å². The van der Waals surface area contributed by atoms with Crippen molar-refractivity contribution in [1.82, 2.24) is 30.8 Å². The third-order valence-electron chi connectivity index (χ3n) is 8.80. The van der Waals surface area contributed by atoms with Gasteiger partial charge >= 0.3 is 0 Å². The van der Waals surface area contributed by atoms with E-state index in [0.717, 1.165) is 56.1 Å². The van der Waals surface area contributed by atoms with Gasteiger partial charge in [-0.1, -0.05) is 81.6 Å². The van der Waals surface area contributed by atoms with E-state index in [1.165, 1.54) is 0 Å². The van der Waals surface area contributed by atoms with E-state index < -0.39 is 5.66 Å². The number of nitrogens with one attached hydrogen (secondary N) is 2. The van der Waals surface area contributed by atoms with Crippen LogP contribution in [0.15, 0.2) is 53.5 Å². The van der Waals surface area contributed by atoms with Gasteiger partial charge < -0.3 is 10.2 Å². The molecule has 0 saturated heterocycles. The highest BCUT2D eigenvalue weighted by Gasteiger charge is 2.52. The highest BCUT2D eigenvalue weighted by Crippen LogP contribution is 2.50. The summed E-state index contributed by atoms with van der Waals surface area (Å²) in [5.41, 5.74) is 2.39. The van der Waals surface area contributed by atoms with Crippen LogP contribution < -0.4 is 5.32 Å². The topological polar surface area (TPSA) is 116 Å². The number of carbonyl (C=O) groups is 2. The molecule has 1 aromatic heterocycles. The van der Waals surface area contributed by atoms with E-state index in [1.54, 1.807) is 0 Å². The molecule has 2 heterocycles. The number of unbranched alkanes of at least 4 members (excludes halogenated alkanes) is 1. The summed E-state index contributed by atoms with van der Waals surface area (Å²) in [6, 6.07) is 14.9. The van der Waals surface area contributed by atoms with Crippen molar-refractivity contribution in [3.8, 4) is 0 Å². The number of rotatable bonds is 9. The first kappa shape index (κ1) is 29.9. The van der Waals surface area contributed by atoms with Crippen LogP contribution in [-0.4, -0.2) is 48.7 Å². The highest BCUT2D eigenvalue weighted by atomic mass is 35.5. The first-order valence-corrected chi connectivity index (χ1v) is 15.3. The number of aliphatic imine (C=N–C) groups is 1. The zero-order valence-corrected chi connectivity index (χ0v) is 25.6.